The molecule has 2 amide bonds. The van der Waals surface area contributed by atoms with Gasteiger partial charge in [0.15, 0.2) is 0 Å². The molecule has 1 aromatic carbocycles. The molecule has 0 bridgehead atoms. The van der Waals surface area contributed by atoms with E-state index in [4.69, 9.17) is 4.74 Å². The standard InChI is InChI=1S/C15H20N2O4/c1-3-17(11-14(19)21-4-2)10-13(18)16-15(20)12-8-6-5-7-9-12/h5-9H,3-4,10-11H2,1-2H3,(H,16,18,20). The van der Waals surface area contributed by atoms with Gasteiger partial charge in [0, 0.05) is 5.56 Å². The molecule has 114 valence electrons. The van der Waals surface area contributed by atoms with E-state index in [2.05, 4.69) is 5.32 Å². The second kappa shape index (κ2) is 8.86. The van der Waals surface area contributed by atoms with Gasteiger partial charge in [-0.1, -0.05) is 25.1 Å². The van der Waals surface area contributed by atoms with Crippen molar-refractivity contribution in [2.75, 3.05) is 26.2 Å². The second-order valence-electron chi connectivity index (χ2n) is 4.35. The van der Waals surface area contributed by atoms with Crippen LogP contribution in [-0.2, 0) is 14.3 Å². The zero-order valence-corrected chi connectivity index (χ0v) is 12.3. The summed E-state index contributed by atoms with van der Waals surface area (Å²) in [5.74, 6) is -1.29. The third kappa shape index (κ3) is 6.18. The summed E-state index contributed by atoms with van der Waals surface area (Å²) in [5, 5.41) is 2.29. The molecule has 0 unspecified atom stereocenters. The van der Waals surface area contributed by atoms with Gasteiger partial charge in [-0.25, -0.2) is 0 Å². The van der Waals surface area contributed by atoms with Crippen molar-refractivity contribution in [2.24, 2.45) is 0 Å². The molecule has 0 fully saturated rings. The summed E-state index contributed by atoms with van der Waals surface area (Å²) in [7, 11) is 0. The summed E-state index contributed by atoms with van der Waals surface area (Å²) in [4.78, 5) is 36.6. The van der Waals surface area contributed by atoms with Crippen LogP contribution in [0.25, 0.3) is 0 Å². The van der Waals surface area contributed by atoms with E-state index in [0.29, 0.717) is 18.7 Å². The number of hydrogen-bond acceptors (Lipinski definition) is 5. The van der Waals surface area contributed by atoms with Crippen LogP contribution in [0.1, 0.15) is 24.2 Å². The highest BCUT2D eigenvalue weighted by Crippen LogP contribution is 1.98. The molecule has 0 saturated carbocycles. The molecule has 0 spiro atoms. The highest BCUT2D eigenvalue weighted by Gasteiger charge is 2.16. The monoisotopic (exact) mass is 292 g/mol. The van der Waals surface area contributed by atoms with Crippen molar-refractivity contribution in [3.05, 3.63) is 35.9 Å². The van der Waals surface area contributed by atoms with Gasteiger partial charge in [-0.2, -0.15) is 0 Å². The maximum absolute atomic E-state index is 11.8. The Kier molecular flexibility index (Phi) is 7.11. The predicted octanol–water partition coefficient (Wildman–Crippen LogP) is 0.828. The van der Waals surface area contributed by atoms with Gasteiger partial charge in [0.2, 0.25) is 5.91 Å². The van der Waals surface area contributed by atoms with Gasteiger partial charge >= 0.3 is 5.97 Å². The van der Waals surface area contributed by atoms with E-state index in [1.54, 1.807) is 42.2 Å². The van der Waals surface area contributed by atoms with Crippen LogP contribution in [0.5, 0.6) is 0 Å². The summed E-state index contributed by atoms with van der Waals surface area (Å²) in [6.45, 7) is 4.34. The molecule has 0 saturated heterocycles. The molecule has 0 aromatic heterocycles. The first-order valence-electron chi connectivity index (χ1n) is 6.84. The molecular weight excluding hydrogens is 272 g/mol. The molecule has 0 heterocycles. The number of hydrogen-bond donors (Lipinski definition) is 1. The van der Waals surface area contributed by atoms with Crippen molar-refractivity contribution in [2.45, 2.75) is 13.8 Å². The number of carbonyl (C=O) groups excluding carboxylic acids is 3. The van der Waals surface area contributed by atoms with Crippen molar-refractivity contribution in [1.29, 1.82) is 0 Å². The van der Waals surface area contributed by atoms with Gasteiger partial charge in [-0.05, 0) is 25.6 Å². The smallest absolute Gasteiger partial charge is 0.320 e. The molecule has 1 aromatic rings. The van der Waals surface area contributed by atoms with E-state index < -0.39 is 11.8 Å². The van der Waals surface area contributed by atoms with Crippen LogP contribution in [0.4, 0.5) is 0 Å². The lowest BCUT2D eigenvalue weighted by Gasteiger charge is -2.18. The lowest BCUT2D eigenvalue weighted by molar-refractivity contribution is -0.144. The van der Waals surface area contributed by atoms with Gasteiger partial charge in [-0.3, -0.25) is 24.6 Å². The average Bonchev–Trinajstić information content (AvgIpc) is 2.47. The van der Waals surface area contributed by atoms with E-state index in [9.17, 15) is 14.4 Å². The third-order valence-electron chi connectivity index (χ3n) is 2.76. The number of esters is 1. The van der Waals surface area contributed by atoms with Crippen LogP contribution in [0.15, 0.2) is 30.3 Å². The Hall–Kier alpha value is -2.21. The van der Waals surface area contributed by atoms with Gasteiger partial charge < -0.3 is 4.74 Å². The molecule has 0 aliphatic heterocycles. The van der Waals surface area contributed by atoms with Gasteiger partial charge in [0.25, 0.3) is 5.91 Å². The number of imide groups is 1. The molecule has 21 heavy (non-hydrogen) atoms. The highest BCUT2D eigenvalue weighted by molar-refractivity contribution is 6.05. The highest BCUT2D eigenvalue weighted by atomic mass is 16.5. The molecule has 0 aliphatic carbocycles. The van der Waals surface area contributed by atoms with E-state index >= 15 is 0 Å². The number of benzene rings is 1. The number of carbonyl (C=O) groups is 3. The Bertz CT molecular complexity index is 488. The maximum Gasteiger partial charge on any atom is 0.320 e. The minimum atomic E-state index is -0.451. The average molecular weight is 292 g/mol. The first kappa shape index (κ1) is 16.8. The molecule has 1 rings (SSSR count). The van der Waals surface area contributed by atoms with Crippen molar-refractivity contribution < 1.29 is 19.1 Å². The molecule has 0 atom stereocenters. The van der Waals surface area contributed by atoms with Crippen LogP contribution in [0.3, 0.4) is 0 Å². The number of nitrogens with zero attached hydrogens (tertiary/aromatic N) is 1. The fourth-order valence-electron chi connectivity index (χ4n) is 1.70. The quantitative estimate of drug-likeness (QED) is 0.753. The minimum absolute atomic E-state index is 0.0251. The SMILES string of the molecule is CCOC(=O)CN(CC)CC(=O)NC(=O)c1ccccc1. The lowest BCUT2D eigenvalue weighted by Crippen LogP contribution is -2.42. The lowest BCUT2D eigenvalue weighted by atomic mass is 10.2. The Morgan fingerprint density at radius 1 is 1.10 bits per heavy atom. The van der Waals surface area contributed by atoms with Crippen LogP contribution >= 0.6 is 0 Å². The largest absolute Gasteiger partial charge is 0.465 e. The van der Waals surface area contributed by atoms with Crippen molar-refractivity contribution in [3.63, 3.8) is 0 Å². The molecule has 6 nitrogen and oxygen atoms in total. The summed E-state index contributed by atoms with van der Waals surface area (Å²) >= 11 is 0. The number of amides is 2. The summed E-state index contributed by atoms with van der Waals surface area (Å²) < 4.78 is 4.83. The van der Waals surface area contributed by atoms with E-state index in [-0.39, 0.29) is 19.1 Å². The van der Waals surface area contributed by atoms with E-state index in [0.717, 1.165) is 0 Å². The van der Waals surface area contributed by atoms with Crippen molar-refractivity contribution >= 4 is 17.8 Å². The first-order chi connectivity index (χ1) is 10.1. The van der Waals surface area contributed by atoms with E-state index in [1.165, 1.54) is 0 Å². The Labute approximate surface area is 124 Å². The predicted molar refractivity (Wildman–Crippen MR) is 77.7 cm³/mol. The van der Waals surface area contributed by atoms with Gasteiger partial charge in [-0.15, -0.1) is 0 Å². The number of likely N-dealkylation sites (N-methyl/N-ethyl adjacent to an activating group) is 1. The number of ether oxygens (including phenoxy) is 1. The fraction of sp³-hybridized carbons (Fsp3) is 0.400. The number of rotatable bonds is 7. The van der Waals surface area contributed by atoms with Crippen molar-refractivity contribution in [3.8, 4) is 0 Å². The van der Waals surface area contributed by atoms with Crippen LogP contribution < -0.4 is 5.32 Å². The molecular formula is C15H20N2O4. The Morgan fingerprint density at radius 2 is 1.76 bits per heavy atom. The fourth-order valence-corrected chi connectivity index (χ4v) is 1.70. The van der Waals surface area contributed by atoms with Crippen LogP contribution in [0, 0.1) is 0 Å². The van der Waals surface area contributed by atoms with Gasteiger partial charge in [0.05, 0.1) is 19.7 Å². The first-order valence-corrected chi connectivity index (χ1v) is 6.84. The van der Waals surface area contributed by atoms with Crippen molar-refractivity contribution in [1.82, 2.24) is 10.2 Å². The second-order valence-corrected chi connectivity index (χ2v) is 4.35. The van der Waals surface area contributed by atoms with E-state index in [1.807, 2.05) is 6.92 Å². The Morgan fingerprint density at radius 3 is 2.33 bits per heavy atom. The van der Waals surface area contributed by atoms with Crippen LogP contribution in [0.2, 0.25) is 0 Å². The molecule has 6 heteroatoms. The summed E-state index contributed by atoms with van der Waals surface area (Å²) in [5.41, 5.74) is 0.416. The Balaban J connectivity index is 2.48. The molecule has 0 aliphatic rings. The summed E-state index contributed by atoms with van der Waals surface area (Å²) in [6, 6.07) is 8.48. The minimum Gasteiger partial charge on any atom is -0.465 e. The van der Waals surface area contributed by atoms with Crippen LogP contribution in [-0.4, -0.2) is 48.9 Å². The zero-order valence-electron chi connectivity index (χ0n) is 12.3. The van der Waals surface area contributed by atoms with Gasteiger partial charge in [0.1, 0.15) is 0 Å². The zero-order chi connectivity index (χ0) is 15.7. The normalized spacial score (nSPS) is 10.2. The number of nitrogens with one attached hydrogen (secondary N) is 1. The molecule has 1 N–H and O–H groups in total. The summed E-state index contributed by atoms with van der Waals surface area (Å²) in [6.07, 6.45) is 0. The molecule has 0 radical (unpaired) electrons. The third-order valence-corrected chi connectivity index (χ3v) is 2.76. The topological polar surface area (TPSA) is 75.7 Å². The maximum atomic E-state index is 11.8.